The molecule has 1 aromatic heterocycles. The quantitative estimate of drug-likeness (QED) is 0.0810. The number of benzene rings is 3. The Balaban J connectivity index is 1.56. The van der Waals surface area contributed by atoms with E-state index in [0.717, 1.165) is 22.2 Å². The minimum atomic E-state index is 0.335. The lowest BCUT2D eigenvalue weighted by Crippen LogP contribution is -2.26. The second-order valence-corrected chi connectivity index (χ2v) is 8.95. The fourth-order valence-corrected chi connectivity index (χ4v) is 4.04. The van der Waals surface area contributed by atoms with Crippen molar-refractivity contribution < 1.29 is 24.2 Å². The molecule has 3 aromatic carbocycles. The monoisotopic (exact) mass is 561 g/mol. The number of para-hydroxylation sites is 1. The first-order chi connectivity index (χ1) is 20.0. The van der Waals surface area contributed by atoms with Gasteiger partial charge in [0.2, 0.25) is 0 Å². The average Bonchev–Trinajstić information content (AvgIpc) is 2.98. The van der Waals surface area contributed by atoms with Gasteiger partial charge in [-0.2, -0.15) is 0 Å². The van der Waals surface area contributed by atoms with E-state index in [-0.39, 0.29) is 0 Å². The summed E-state index contributed by atoms with van der Waals surface area (Å²) in [5, 5.41) is 14.9. The van der Waals surface area contributed by atoms with Gasteiger partial charge in [-0.05, 0) is 29.8 Å². The van der Waals surface area contributed by atoms with Crippen molar-refractivity contribution in [3.8, 4) is 11.5 Å². The molecule has 1 heterocycles. The molecule has 4 aromatic rings. The molecule has 0 aliphatic heterocycles. The number of methoxy groups -OCH3 is 2. The van der Waals surface area contributed by atoms with Crippen molar-refractivity contribution >= 4 is 33.8 Å². The molecule has 12 nitrogen and oxygen atoms in total. The maximum Gasteiger partial charge on any atom is 0.163 e. The molecule has 0 unspecified atom stereocenters. The number of hydrazine groups is 1. The van der Waals surface area contributed by atoms with Crippen molar-refractivity contribution in [1.82, 2.24) is 15.0 Å². The molecule has 0 saturated heterocycles. The number of hydrogen-bond donors (Lipinski definition) is 5. The van der Waals surface area contributed by atoms with E-state index in [0.29, 0.717) is 67.2 Å². The van der Waals surface area contributed by atoms with E-state index >= 15 is 0 Å². The Morgan fingerprint density at radius 1 is 0.927 bits per heavy atom. The van der Waals surface area contributed by atoms with Gasteiger partial charge >= 0.3 is 0 Å². The smallest absolute Gasteiger partial charge is 0.163 e. The largest absolute Gasteiger partial charge is 0.487 e. The van der Waals surface area contributed by atoms with E-state index in [1.165, 1.54) is 11.3 Å². The molecule has 0 aliphatic carbocycles. The van der Waals surface area contributed by atoms with E-state index in [2.05, 4.69) is 20.8 Å². The van der Waals surface area contributed by atoms with Crippen molar-refractivity contribution in [3.63, 3.8) is 0 Å². The van der Waals surface area contributed by atoms with Gasteiger partial charge < -0.3 is 35.0 Å². The second-order valence-electron chi connectivity index (χ2n) is 8.95. The van der Waals surface area contributed by atoms with E-state index in [9.17, 15) is 5.21 Å². The molecular formula is C29H35N7O5. The normalized spacial score (nSPS) is 11.4. The van der Waals surface area contributed by atoms with E-state index in [1.807, 2.05) is 54.6 Å². The van der Waals surface area contributed by atoms with Crippen LogP contribution >= 0.6 is 0 Å². The molecule has 7 N–H and O–H groups in total. The minimum absolute atomic E-state index is 0.335. The number of fused-ring (bicyclic) bond motifs is 1. The summed E-state index contributed by atoms with van der Waals surface area (Å²) in [7, 11) is 3.23. The Morgan fingerprint density at radius 2 is 1.66 bits per heavy atom. The van der Waals surface area contributed by atoms with Crippen molar-refractivity contribution in [3.05, 3.63) is 84.3 Å². The molecule has 0 radical (unpaired) electrons. The fraction of sp³-hybridized carbons (Fsp3) is 0.241. The summed E-state index contributed by atoms with van der Waals surface area (Å²) in [6.07, 6.45) is 3.13. The molecule has 0 aliphatic rings. The molecule has 216 valence electrons. The number of anilines is 3. The van der Waals surface area contributed by atoms with Gasteiger partial charge in [0.1, 0.15) is 25.4 Å². The molecule has 0 amide bonds. The zero-order valence-corrected chi connectivity index (χ0v) is 23.0. The third kappa shape index (κ3) is 7.96. The van der Waals surface area contributed by atoms with Crippen LogP contribution in [0.2, 0.25) is 0 Å². The van der Waals surface area contributed by atoms with Gasteiger partial charge in [-0.3, -0.25) is 10.7 Å². The molecule has 0 fully saturated rings. The zero-order chi connectivity index (χ0) is 29.0. The van der Waals surface area contributed by atoms with Gasteiger partial charge in [-0.25, -0.2) is 15.8 Å². The fourth-order valence-electron chi connectivity index (χ4n) is 4.04. The first-order valence-corrected chi connectivity index (χ1v) is 12.9. The molecular weight excluding hydrogens is 526 g/mol. The highest BCUT2D eigenvalue weighted by atomic mass is 16.5. The summed E-state index contributed by atoms with van der Waals surface area (Å²) < 4.78 is 22.0. The third-order valence-corrected chi connectivity index (χ3v) is 6.05. The van der Waals surface area contributed by atoms with Gasteiger partial charge in [0, 0.05) is 43.1 Å². The topological polar surface area (TPSA) is 162 Å². The number of nitrogens with zero attached hydrogens (tertiary/aromatic N) is 3. The van der Waals surface area contributed by atoms with Crippen LogP contribution in [0.1, 0.15) is 11.1 Å². The number of aromatic nitrogens is 2. The molecule has 12 heteroatoms. The van der Waals surface area contributed by atoms with Crippen LogP contribution in [0.5, 0.6) is 11.5 Å². The highest BCUT2D eigenvalue weighted by molar-refractivity contribution is 5.93. The van der Waals surface area contributed by atoms with Gasteiger partial charge in [0.15, 0.2) is 11.5 Å². The van der Waals surface area contributed by atoms with Crippen LogP contribution < -0.4 is 31.8 Å². The molecule has 0 bridgehead atoms. The summed E-state index contributed by atoms with van der Waals surface area (Å²) in [5.41, 5.74) is 12.6. The summed E-state index contributed by atoms with van der Waals surface area (Å²) >= 11 is 0. The average molecular weight is 562 g/mol. The number of nitrogens with one attached hydrogen (secondary N) is 2. The maximum atomic E-state index is 9.34. The Morgan fingerprint density at radius 3 is 2.39 bits per heavy atom. The van der Waals surface area contributed by atoms with Crippen molar-refractivity contribution in [2.45, 2.75) is 6.54 Å². The van der Waals surface area contributed by atoms with E-state index in [1.54, 1.807) is 26.5 Å². The molecule has 0 saturated carbocycles. The summed E-state index contributed by atoms with van der Waals surface area (Å²) in [5.74, 6) is 7.89. The zero-order valence-electron chi connectivity index (χ0n) is 23.0. The Hall–Kier alpha value is -4.62. The van der Waals surface area contributed by atoms with Crippen LogP contribution in [0, 0.1) is 0 Å². The van der Waals surface area contributed by atoms with Gasteiger partial charge in [-0.15, -0.1) is 0 Å². The lowest BCUT2D eigenvalue weighted by molar-refractivity contribution is 0.132. The van der Waals surface area contributed by atoms with Crippen LogP contribution in [-0.4, -0.2) is 60.8 Å². The highest BCUT2D eigenvalue weighted by Gasteiger charge is 2.13. The van der Waals surface area contributed by atoms with Crippen LogP contribution in [0.25, 0.3) is 16.6 Å². The molecule has 41 heavy (non-hydrogen) atoms. The van der Waals surface area contributed by atoms with Crippen LogP contribution in [0.15, 0.2) is 73.2 Å². The van der Waals surface area contributed by atoms with Crippen LogP contribution in [0.3, 0.4) is 0 Å². The van der Waals surface area contributed by atoms with Gasteiger partial charge in [0.25, 0.3) is 0 Å². The van der Waals surface area contributed by atoms with E-state index in [4.69, 9.17) is 30.5 Å². The van der Waals surface area contributed by atoms with Crippen molar-refractivity contribution in [1.29, 1.82) is 0 Å². The SMILES string of the molecule is COCCOc1cc2ncnc(Nc3cccc(/C(N)=C/N(N)Cc4ccccc4NO)c3)c2cc1OCCOC. The molecule has 0 spiro atoms. The Kier molecular flexibility index (Phi) is 10.5. The summed E-state index contributed by atoms with van der Waals surface area (Å²) in [4.78, 5) is 8.89. The van der Waals surface area contributed by atoms with Gasteiger partial charge in [0.05, 0.1) is 36.7 Å². The van der Waals surface area contributed by atoms with Crippen LogP contribution in [-0.2, 0) is 16.0 Å². The highest BCUT2D eigenvalue weighted by Crippen LogP contribution is 2.35. The number of ether oxygens (including phenoxy) is 4. The third-order valence-electron chi connectivity index (χ3n) is 6.05. The maximum absolute atomic E-state index is 9.34. The van der Waals surface area contributed by atoms with Crippen LogP contribution in [0.4, 0.5) is 17.2 Å². The summed E-state index contributed by atoms with van der Waals surface area (Å²) in [6, 6.07) is 18.5. The number of rotatable bonds is 15. The van der Waals surface area contributed by atoms with E-state index < -0.39 is 0 Å². The predicted octanol–water partition coefficient (Wildman–Crippen LogP) is 3.86. The number of hydrogen-bond acceptors (Lipinski definition) is 12. The second kappa shape index (κ2) is 14.7. The lowest BCUT2D eigenvalue weighted by Gasteiger charge is -2.17. The Bertz CT molecular complexity index is 1470. The summed E-state index contributed by atoms with van der Waals surface area (Å²) in [6.45, 7) is 1.92. The number of nitrogens with two attached hydrogens (primary N) is 2. The molecule has 4 rings (SSSR count). The standard InChI is InChI=1S/C29H35N7O5/c1-38-10-12-40-27-15-23-26(16-28(27)41-13-11-39-2)32-19-33-29(23)34-22-8-5-7-20(14-22)24(30)18-36(31)17-21-6-3-4-9-25(21)35-37/h3-9,14-16,18-19,35,37H,10-13,17,30-31H2,1-2H3,(H,32,33,34)/b24-18-. The first-order valence-electron chi connectivity index (χ1n) is 12.9. The molecule has 0 atom stereocenters. The first kappa shape index (κ1) is 29.4. The minimum Gasteiger partial charge on any atom is -0.487 e. The lowest BCUT2D eigenvalue weighted by atomic mass is 10.1. The van der Waals surface area contributed by atoms with Gasteiger partial charge in [-0.1, -0.05) is 30.3 Å². The van der Waals surface area contributed by atoms with Crippen molar-refractivity contribution in [2.75, 3.05) is 51.4 Å². The predicted molar refractivity (Wildman–Crippen MR) is 158 cm³/mol. The van der Waals surface area contributed by atoms with Crippen molar-refractivity contribution in [2.24, 2.45) is 11.6 Å². The Labute approximate surface area is 238 Å².